The zero-order valence-electron chi connectivity index (χ0n) is 17.6. The number of hydrogen-bond donors (Lipinski definition) is 1. The minimum atomic E-state index is -0.768. The van der Waals surface area contributed by atoms with Crippen LogP contribution < -0.4 is 10.2 Å². The van der Waals surface area contributed by atoms with E-state index >= 15 is 0 Å². The number of anilines is 1. The first-order valence-corrected chi connectivity index (χ1v) is 11.4. The Morgan fingerprint density at radius 2 is 1.53 bits per heavy atom. The smallest absolute Gasteiger partial charge is 0.318 e. The monoisotopic (exact) mass is 555 g/mol. The van der Waals surface area contributed by atoms with E-state index in [0.29, 0.717) is 5.69 Å². The number of nitrogens with one attached hydrogen (secondary N) is 1. The summed E-state index contributed by atoms with van der Waals surface area (Å²) in [5, 5.41) is 2.26. The van der Waals surface area contributed by atoms with Crippen molar-refractivity contribution < 1.29 is 14.4 Å². The van der Waals surface area contributed by atoms with E-state index in [2.05, 4.69) is 47.8 Å². The van der Waals surface area contributed by atoms with Crippen LogP contribution in [0.3, 0.4) is 0 Å². The molecule has 4 rings (SSSR count). The van der Waals surface area contributed by atoms with Gasteiger partial charge in [-0.15, -0.1) is 0 Å². The summed E-state index contributed by atoms with van der Waals surface area (Å²) in [6.45, 7) is 5.91. The quantitative estimate of drug-likeness (QED) is 0.337. The van der Waals surface area contributed by atoms with E-state index in [1.54, 1.807) is 30.3 Å². The molecular formula is C24H19Br2N3O3. The van der Waals surface area contributed by atoms with Crippen LogP contribution in [-0.4, -0.2) is 22.4 Å². The minimum Gasteiger partial charge on any atom is -0.318 e. The molecule has 0 unspecified atom stereocenters. The molecule has 3 aromatic rings. The molecule has 2 aromatic carbocycles. The maximum Gasteiger partial charge on any atom is 0.335 e. The highest BCUT2D eigenvalue weighted by Crippen LogP contribution is 2.28. The van der Waals surface area contributed by atoms with E-state index in [1.807, 2.05) is 39.0 Å². The first-order chi connectivity index (χ1) is 15.2. The van der Waals surface area contributed by atoms with Crippen LogP contribution in [0.5, 0.6) is 0 Å². The molecule has 1 saturated heterocycles. The summed E-state index contributed by atoms with van der Waals surface area (Å²) in [7, 11) is 0. The Kier molecular flexibility index (Phi) is 5.92. The summed E-state index contributed by atoms with van der Waals surface area (Å²) in [5.41, 5.74) is 4.93. The summed E-state index contributed by atoms with van der Waals surface area (Å²) in [6, 6.07) is 13.9. The highest BCUT2D eigenvalue weighted by molar-refractivity contribution is 9.10. The van der Waals surface area contributed by atoms with Crippen molar-refractivity contribution >= 4 is 61.5 Å². The molecule has 6 nitrogen and oxygen atoms in total. The molecule has 1 aromatic heterocycles. The van der Waals surface area contributed by atoms with Crippen LogP contribution in [0.1, 0.15) is 22.5 Å². The second-order valence-electron chi connectivity index (χ2n) is 7.53. The van der Waals surface area contributed by atoms with Crippen LogP contribution >= 0.6 is 31.9 Å². The predicted octanol–water partition coefficient (Wildman–Crippen LogP) is 5.59. The van der Waals surface area contributed by atoms with Crippen LogP contribution in [0.25, 0.3) is 11.8 Å². The van der Waals surface area contributed by atoms with Crippen LogP contribution in [0.4, 0.5) is 10.5 Å². The molecule has 1 aliphatic heterocycles. The number of imide groups is 2. The molecule has 0 radical (unpaired) electrons. The lowest BCUT2D eigenvalue weighted by atomic mass is 10.1. The lowest BCUT2D eigenvalue weighted by molar-refractivity contribution is -0.122. The zero-order valence-corrected chi connectivity index (χ0v) is 20.7. The first-order valence-electron chi connectivity index (χ1n) is 9.80. The molecule has 0 aliphatic carbocycles. The molecule has 0 spiro atoms. The number of urea groups is 1. The number of benzene rings is 2. The van der Waals surface area contributed by atoms with Gasteiger partial charge in [0.1, 0.15) is 5.57 Å². The standard InChI is InChI=1S/C24H19Br2N3O3/c1-13-10-19(8-9-21(13)26)28-14(2)11-16(15(28)3)12-20-22(30)27-24(32)29(23(20)31)18-6-4-17(25)5-7-18/h4-12H,1-3H3,(H,27,30,32)/b20-12+. The Bertz CT molecular complexity index is 1310. The lowest BCUT2D eigenvalue weighted by Crippen LogP contribution is -2.54. The number of carbonyl (C=O) groups is 3. The summed E-state index contributed by atoms with van der Waals surface area (Å²) in [4.78, 5) is 39.0. The van der Waals surface area contributed by atoms with Crippen molar-refractivity contribution in [3.63, 3.8) is 0 Å². The van der Waals surface area contributed by atoms with Gasteiger partial charge in [-0.2, -0.15) is 0 Å². The Balaban J connectivity index is 1.76. The molecule has 4 amide bonds. The van der Waals surface area contributed by atoms with E-state index in [4.69, 9.17) is 0 Å². The van der Waals surface area contributed by atoms with Gasteiger partial charge in [0, 0.05) is 26.0 Å². The predicted molar refractivity (Wildman–Crippen MR) is 131 cm³/mol. The number of nitrogens with zero attached hydrogens (tertiary/aromatic N) is 2. The fourth-order valence-corrected chi connectivity index (χ4v) is 4.25. The molecule has 8 heteroatoms. The maximum absolute atomic E-state index is 13.1. The number of hydrogen-bond acceptors (Lipinski definition) is 3. The van der Waals surface area contributed by atoms with Crippen molar-refractivity contribution in [3.8, 4) is 5.69 Å². The van der Waals surface area contributed by atoms with Gasteiger partial charge in [0.25, 0.3) is 11.8 Å². The van der Waals surface area contributed by atoms with Crippen molar-refractivity contribution in [2.45, 2.75) is 20.8 Å². The number of aryl methyl sites for hydroxylation is 2. The summed E-state index contributed by atoms with van der Waals surface area (Å²) in [5.74, 6) is -1.37. The van der Waals surface area contributed by atoms with E-state index in [0.717, 1.165) is 42.0 Å². The molecule has 1 N–H and O–H groups in total. The van der Waals surface area contributed by atoms with Gasteiger partial charge in [0.15, 0.2) is 0 Å². The number of halogens is 2. The van der Waals surface area contributed by atoms with Gasteiger partial charge in [-0.05, 0) is 86.5 Å². The van der Waals surface area contributed by atoms with Gasteiger partial charge in [-0.1, -0.05) is 31.9 Å². The number of amides is 4. The average Bonchev–Trinajstić information content (AvgIpc) is 3.01. The molecule has 1 fully saturated rings. The second kappa shape index (κ2) is 8.52. The van der Waals surface area contributed by atoms with Crippen molar-refractivity contribution in [1.29, 1.82) is 0 Å². The van der Waals surface area contributed by atoms with E-state index in [-0.39, 0.29) is 5.57 Å². The second-order valence-corrected chi connectivity index (χ2v) is 9.30. The first kappa shape index (κ1) is 22.2. The maximum atomic E-state index is 13.1. The largest absolute Gasteiger partial charge is 0.335 e. The van der Waals surface area contributed by atoms with Crippen LogP contribution in [0.15, 0.2) is 63.0 Å². The SMILES string of the molecule is Cc1cc(-n2c(C)cc(/C=C3\C(=O)NC(=O)N(c4ccc(Br)cc4)C3=O)c2C)ccc1Br. The van der Waals surface area contributed by atoms with Gasteiger partial charge in [-0.3, -0.25) is 14.9 Å². The summed E-state index contributed by atoms with van der Waals surface area (Å²) < 4.78 is 3.90. The fraction of sp³-hybridized carbons (Fsp3) is 0.125. The molecule has 2 heterocycles. The molecule has 32 heavy (non-hydrogen) atoms. The van der Waals surface area contributed by atoms with Crippen molar-refractivity contribution in [1.82, 2.24) is 9.88 Å². The van der Waals surface area contributed by atoms with Crippen molar-refractivity contribution in [2.75, 3.05) is 4.90 Å². The third-order valence-corrected chi connectivity index (χ3v) is 6.77. The normalized spacial score (nSPS) is 15.5. The van der Waals surface area contributed by atoms with Gasteiger partial charge in [-0.25, -0.2) is 9.69 Å². The minimum absolute atomic E-state index is 0.0974. The Labute approximate surface area is 202 Å². The van der Waals surface area contributed by atoms with Crippen molar-refractivity contribution in [3.05, 3.63) is 85.6 Å². The van der Waals surface area contributed by atoms with E-state index in [9.17, 15) is 14.4 Å². The number of rotatable bonds is 3. The van der Waals surface area contributed by atoms with Crippen LogP contribution in [0, 0.1) is 20.8 Å². The summed E-state index contributed by atoms with van der Waals surface area (Å²) >= 11 is 6.86. The van der Waals surface area contributed by atoms with Gasteiger partial charge in [0.05, 0.1) is 5.69 Å². The average molecular weight is 557 g/mol. The Morgan fingerprint density at radius 3 is 2.19 bits per heavy atom. The fourth-order valence-electron chi connectivity index (χ4n) is 3.74. The molecular weight excluding hydrogens is 538 g/mol. The van der Waals surface area contributed by atoms with E-state index < -0.39 is 17.8 Å². The highest BCUT2D eigenvalue weighted by atomic mass is 79.9. The third kappa shape index (κ3) is 3.96. The van der Waals surface area contributed by atoms with Crippen LogP contribution in [0.2, 0.25) is 0 Å². The lowest BCUT2D eigenvalue weighted by Gasteiger charge is -2.26. The van der Waals surface area contributed by atoms with Gasteiger partial charge < -0.3 is 4.57 Å². The molecule has 0 atom stereocenters. The van der Waals surface area contributed by atoms with Crippen LogP contribution in [-0.2, 0) is 9.59 Å². The summed E-state index contributed by atoms with van der Waals surface area (Å²) in [6.07, 6.45) is 1.54. The third-order valence-electron chi connectivity index (χ3n) is 5.36. The van der Waals surface area contributed by atoms with Crippen molar-refractivity contribution in [2.24, 2.45) is 0 Å². The Hall–Kier alpha value is -2.97. The number of aromatic nitrogens is 1. The zero-order chi connectivity index (χ0) is 23.2. The molecule has 162 valence electrons. The highest BCUT2D eigenvalue weighted by Gasteiger charge is 2.37. The molecule has 0 bridgehead atoms. The molecule has 1 aliphatic rings. The van der Waals surface area contributed by atoms with Gasteiger partial charge >= 0.3 is 6.03 Å². The Morgan fingerprint density at radius 1 is 0.875 bits per heavy atom. The van der Waals surface area contributed by atoms with Gasteiger partial charge in [0.2, 0.25) is 0 Å². The van der Waals surface area contributed by atoms with E-state index in [1.165, 1.54) is 0 Å². The topological polar surface area (TPSA) is 71.4 Å². The number of barbiturate groups is 1. The number of carbonyl (C=O) groups excluding carboxylic acids is 3. The molecule has 0 saturated carbocycles.